The van der Waals surface area contributed by atoms with Crippen molar-refractivity contribution in [3.8, 4) is 11.5 Å². The van der Waals surface area contributed by atoms with Crippen molar-refractivity contribution in [1.29, 1.82) is 0 Å². The Morgan fingerprint density at radius 1 is 0.841 bits per heavy atom. The number of piperazine rings is 1. The van der Waals surface area contributed by atoms with Crippen LogP contribution in [-0.2, 0) is 13.0 Å². The second-order valence-electron chi connectivity index (χ2n) is 11.3. The van der Waals surface area contributed by atoms with Gasteiger partial charge in [0.25, 0.3) is 5.91 Å². The number of nitrogens with one attached hydrogen (secondary N) is 2. The van der Waals surface area contributed by atoms with Crippen LogP contribution in [0.5, 0.6) is 11.5 Å². The number of ether oxygens (including phenoxy) is 2. The molecule has 44 heavy (non-hydrogen) atoms. The summed E-state index contributed by atoms with van der Waals surface area (Å²) in [5.41, 5.74) is 7.81. The first-order valence-corrected chi connectivity index (χ1v) is 14.9. The van der Waals surface area contributed by atoms with E-state index >= 15 is 0 Å². The molecular formula is C34H39N7O3. The summed E-state index contributed by atoms with van der Waals surface area (Å²) < 4.78 is 10.6. The molecule has 0 unspecified atom stereocenters. The fraction of sp³-hybridized carbons (Fsp3) is 0.324. The Kier molecular flexibility index (Phi) is 8.51. The SMILES string of the molecule is COc1ccc(C(=O)Nc2ccc(C)c(N3CCc4nc(Nc5ccc(N6CCN(C)CC6)cc5)ncc4C3)c2)cc1OC. The molecule has 1 saturated heterocycles. The lowest BCUT2D eigenvalue weighted by molar-refractivity contribution is 0.102. The fourth-order valence-electron chi connectivity index (χ4n) is 5.74. The Morgan fingerprint density at radius 3 is 2.34 bits per heavy atom. The van der Waals surface area contributed by atoms with Gasteiger partial charge in [0.2, 0.25) is 5.95 Å². The summed E-state index contributed by atoms with van der Waals surface area (Å²) in [6.45, 7) is 7.87. The van der Waals surface area contributed by atoms with Gasteiger partial charge in [-0.15, -0.1) is 0 Å². The number of nitrogens with zero attached hydrogens (tertiary/aromatic N) is 5. The van der Waals surface area contributed by atoms with Gasteiger partial charge in [0.1, 0.15) is 0 Å². The van der Waals surface area contributed by atoms with Gasteiger partial charge in [-0.25, -0.2) is 9.97 Å². The van der Waals surface area contributed by atoms with Crippen LogP contribution in [0.4, 0.5) is 28.7 Å². The van der Waals surface area contributed by atoms with E-state index in [-0.39, 0.29) is 5.91 Å². The van der Waals surface area contributed by atoms with Gasteiger partial charge in [0, 0.05) is 85.8 Å². The van der Waals surface area contributed by atoms with Gasteiger partial charge in [0.15, 0.2) is 11.5 Å². The van der Waals surface area contributed by atoms with Gasteiger partial charge < -0.3 is 34.8 Å². The molecule has 3 aromatic carbocycles. The van der Waals surface area contributed by atoms with Gasteiger partial charge in [-0.2, -0.15) is 0 Å². The van der Waals surface area contributed by atoms with Gasteiger partial charge in [-0.05, 0) is 74.1 Å². The number of benzene rings is 3. The molecule has 10 nitrogen and oxygen atoms in total. The van der Waals surface area contributed by atoms with E-state index in [2.05, 4.69) is 68.6 Å². The second kappa shape index (κ2) is 12.8. The Labute approximate surface area is 258 Å². The van der Waals surface area contributed by atoms with Crippen LogP contribution in [0.25, 0.3) is 0 Å². The summed E-state index contributed by atoms with van der Waals surface area (Å²) in [6.07, 6.45) is 2.73. The van der Waals surface area contributed by atoms with E-state index in [0.717, 1.165) is 73.0 Å². The van der Waals surface area contributed by atoms with Crippen molar-refractivity contribution in [3.63, 3.8) is 0 Å². The van der Waals surface area contributed by atoms with Crippen LogP contribution in [0.2, 0.25) is 0 Å². The monoisotopic (exact) mass is 593 g/mol. The predicted molar refractivity (Wildman–Crippen MR) is 175 cm³/mol. The number of aromatic nitrogens is 2. The minimum Gasteiger partial charge on any atom is -0.493 e. The summed E-state index contributed by atoms with van der Waals surface area (Å²) in [5, 5.41) is 6.41. The third kappa shape index (κ3) is 6.40. The van der Waals surface area contributed by atoms with E-state index in [0.29, 0.717) is 29.6 Å². The van der Waals surface area contributed by atoms with Crippen molar-refractivity contribution in [1.82, 2.24) is 14.9 Å². The maximum Gasteiger partial charge on any atom is 0.255 e. The number of aryl methyl sites for hydroxylation is 1. The van der Waals surface area contributed by atoms with Gasteiger partial charge in [-0.3, -0.25) is 4.79 Å². The van der Waals surface area contributed by atoms with Crippen molar-refractivity contribution in [3.05, 3.63) is 89.2 Å². The number of methoxy groups -OCH3 is 2. The molecule has 3 heterocycles. The van der Waals surface area contributed by atoms with Crippen LogP contribution in [0.1, 0.15) is 27.2 Å². The summed E-state index contributed by atoms with van der Waals surface area (Å²) in [6, 6.07) is 19.6. The molecule has 0 aliphatic carbocycles. The number of carbonyl (C=O) groups is 1. The number of hydrogen-bond donors (Lipinski definition) is 2. The molecule has 4 aromatic rings. The highest BCUT2D eigenvalue weighted by Gasteiger charge is 2.21. The fourth-order valence-corrected chi connectivity index (χ4v) is 5.74. The highest BCUT2D eigenvalue weighted by Crippen LogP contribution is 2.31. The number of likely N-dealkylation sites (N-methyl/N-ethyl adjacent to an activating group) is 1. The third-order valence-corrected chi connectivity index (χ3v) is 8.38. The molecule has 1 aromatic heterocycles. The first-order valence-electron chi connectivity index (χ1n) is 14.9. The second-order valence-corrected chi connectivity index (χ2v) is 11.3. The Hall–Kier alpha value is -4.83. The molecule has 0 saturated carbocycles. The molecule has 228 valence electrons. The normalized spacial score (nSPS) is 15.0. The molecular weight excluding hydrogens is 554 g/mol. The van der Waals surface area contributed by atoms with E-state index in [9.17, 15) is 4.79 Å². The van der Waals surface area contributed by atoms with Crippen molar-refractivity contribution in [2.45, 2.75) is 19.9 Å². The van der Waals surface area contributed by atoms with Gasteiger partial charge in [0.05, 0.1) is 19.9 Å². The molecule has 0 bridgehead atoms. The number of amides is 1. The van der Waals surface area contributed by atoms with Crippen molar-refractivity contribution in [2.24, 2.45) is 0 Å². The van der Waals surface area contributed by atoms with Crippen LogP contribution in [0.15, 0.2) is 66.9 Å². The first-order chi connectivity index (χ1) is 21.4. The van der Waals surface area contributed by atoms with Crippen LogP contribution >= 0.6 is 0 Å². The number of anilines is 5. The molecule has 2 N–H and O–H groups in total. The van der Waals surface area contributed by atoms with Crippen LogP contribution in [0, 0.1) is 6.92 Å². The molecule has 0 atom stereocenters. The van der Waals surface area contributed by atoms with E-state index in [1.165, 1.54) is 5.69 Å². The molecule has 6 rings (SSSR count). The highest BCUT2D eigenvalue weighted by molar-refractivity contribution is 6.05. The lowest BCUT2D eigenvalue weighted by Gasteiger charge is -2.34. The molecule has 10 heteroatoms. The Morgan fingerprint density at radius 2 is 1.59 bits per heavy atom. The zero-order chi connectivity index (χ0) is 30.6. The van der Waals surface area contributed by atoms with Gasteiger partial charge in [-0.1, -0.05) is 6.07 Å². The maximum atomic E-state index is 13.0. The topological polar surface area (TPSA) is 95.1 Å². The number of rotatable bonds is 8. The van der Waals surface area contributed by atoms with Crippen molar-refractivity contribution >= 4 is 34.6 Å². The molecule has 1 fully saturated rings. The highest BCUT2D eigenvalue weighted by atomic mass is 16.5. The lowest BCUT2D eigenvalue weighted by Crippen LogP contribution is -2.44. The number of fused-ring (bicyclic) bond motifs is 1. The largest absolute Gasteiger partial charge is 0.493 e. The first kappa shape index (κ1) is 29.3. The zero-order valence-corrected chi connectivity index (χ0v) is 25.8. The summed E-state index contributed by atoms with van der Waals surface area (Å²) in [4.78, 5) is 29.6. The average Bonchev–Trinajstić information content (AvgIpc) is 3.05. The summed E-state index contributed by atoms with van der Waals surface area (Å²) in [5.74, 6) is 1.48. The molecule has 2 aliphatic heterocycles. The Bertz CT molecular complexity index is 1630. The van der Waals surface area contributed by atoms with E-state index < -0.39 is 0 Å². The third-order valence-electron chi connectivity index (χ3n) is 8.38. The van der Waals surface area contributed by atoms with Crippen molar-refractivity contribution < 1.29 is 14.3 Å². The van der Waals surface area contributed by atoms with E-state index in [1.54, 1.807) is 32.4 Å². The number of carbonyl (C=O) groups excluding carboxylic acids is 1. The molecule has 2 aliphatic rings. The summed E-state index contributed by atoms with van der Waals surface area (Å²) >= 11 is 0. The zero-order valence-electron chi connectivity index (χ0n) is 25.8. The summed E-state index contributed by atoms with van der Waals surface area (Å²) in [7, 11) is 5.30. The average molecular weight is 594 g/mol. The molecule has 0 radical (unpaired) electrons. The smallest absolute Gasteiger partial charge is 0.255 e. The van der Waals surface area contributed by atoms with Gasteiger partial charge >= 0.3 is 0 Å². The molecule has 0 spiro atoms. The standard InChI is InChI=1S/C34H39N7O3/c1-23-5-7-27(36-33(42)24-6-12-31(43-3)32(19-24)44-4)20-30(23)41-14-13-29-25(22-41)21-35-34(38-29)37-26-8-10-28(11-9-26)40-17-15-39(2)16-18-40/h5-12,19-21H,13-18,22H2,1-4H3,(H,36,42)(H,35,37,38). The van der Waals surface area contributed by atoms with Crippen LogP contribution < -0.4 is 29.9 Å². The number of hydrogen-bond acceptors (Lipinski definition) is 9. The predicted octanol–water partition coefficient (Wildman–Crippen LogP) is 5.11. The maximum absolute atomic E-state index is 13.0. The van der Waals surface area contributed by atoms with E-state index in [1.807, 2.05) is 24.4 Å². The quantitative estimate of drug-likeness (QED) is 0.289. The Balaban J connectivity index is 1.10. The van der Waals surface area contributed by atoms with E-state index in [4.69, 9.17) is 14.5 Å². The molecule has 1 amide bonds. The van der Waals surface area contributed by atoms with Crippen molar-refractivity contribution in [2.75, 3.05) is 74.4 Å². The minimum absolute atomic E-state index is 0.216. The minimum atomic E-state index is -0.216. The van der Waals surface area contributed by atoms with Crippen LogP contribution in [0.3, 0.4) is 0 Å². The lowest BCUT2D eigenvalue weighted by atomic mass is 10.0. The van der Waals surface area contributed by atoms with Crippen LogP contribution in [-0.4, -0.2) is 74.8 Å².